The predicted octanol–water partition coefficient (Wildman–Crippen LogP) is 4.59. The van der Waals surface area contributed by atoms with E-state index in [1.54, 1.807) is 61.7 Å². The van der Waals surface area contributed by atoms with Crippen LogP contribution in [-0.4, -0.2) is 59.0 Å². The first-order chi connectivity index (χ1) is 21.2. The van der Waals surface area contributed by atoms with E-state index in [1.807, 2.05) is 43.3 Å². The van der Waals surface area contributed by atoms with Gasteiger partial charge in [-0.1, -0.05) is 60.2 Å². The Labute approximate surface area is 259 Å². The smallest absolute Gasteiger partial charge is 0.264 e. The van der Waals surface area contributed by atoms with Gasteiger partial charge in [0.2, 0.25) is 11.8 Å². The molecule has 0 fully saturated rings. The van der Waals surface area contributed by atoms with Gasteiger partial charge in [0.05, 0.1) is 24.8 Å². The summed E-state index contributed by atoms with van der Waals surface area (Å²) in [5.74, 6) is 0.206. The second-order valence-corrected chi connectivity index (χ2v) is 12.1. The largest absolute Gasteiger partial charge is 0.497 e. The predicted molar refractivity (Wildman–Crippen MR) is 170 cm³/mol. The number of anilines is 1. The number of rotatable bonds is 13. The van der Waals surface area contributed by atoms with Crippen molar-refractivity contribution in [3.05, 3.63) is 120 Å². The van der Waals surface area contributed by atoms with Gasteiger partial charge in [0.1, 0.15) is 24.1 Å². The van der Waals surface area contributed by atoms with E-state index in [-0.39, 0.29) is 29.5 Å². The fourth-order valence-electron chi connectivity index (χ4n) is 4.80. The van der Waals surface area contributed by atoms with E-state index < -0.39 is 28.5 Å². The number of sulfonamides is 1. The van der Waals surface area contributed by atoms with Crippen molar-refractivity contribution in [3.63, 3.8) is 0 Å². The molecule has 0 unspecified atom stereocenters. The van der Waals surface area contributed by atoms with Gasteiger partial charge in [-0.25, -0.2) is 8.42 Å². The van der Waals surface area contributed by atoms with Gasteiger partial charge in [-0.05, 0) is 66.6 Å². The molecule has 230 valence electrons. The highest BCUT2D eigenvalue weighted by Crippen LogP contribution is 2.27. The lowest BCUT2D eigenvalue weighted by atomic mass is 10.0. The third-order valence-corrected chi connectivity index (χ3v) is 9.04. The van der Waals surface area contributed by atoms with Gasteiger partial charge in [-0.2, -0.15) is 0 Å². The molecule has 0 aromatic heterocycles. The summed E-state index contributed by atoms with van der Waals surface area (Å²) in [4.78, 5) is 29.2. The van der Waals surface area contributed by atoms with Gasteiger partial charge in [0.25, 0.3) is 10.0 Å². The number of nitrogens with one attached hydrogen (secondary N) is 1. The highest BCUT2D eigenvalue weighted by atomic mass is 32.2. The summed E-state index contributed by atoms with van der Waals surface area (Å²) in [6.07, 6.45) is 0.226. The number of carbonyl (C=O) groups excluding carboxylic acids is 2. The summed E-state index contributed by atoms with van der Waals surface area (Å²) in [5, 5.41) is 2.68. The molecular weight excluding hydrogens is 578 g/mol. The lowest BCUT2D eigenvalue weighted by Gasteiger charge is -2.33. The number of hydrogen-bond donors (Lipinski definition) is 1. The Hall–Kier alpha value is -4.83. The monoisotopic (exact) mass is 615 g/mol. The Bertz CT molecular complexity index is 1660. The van der Waals surface area contributed by atoms with Crippen molar-refractivity contribution in [1.29, 1.82) is 0 Å². The molecular formula is C34H37N3O6S. The molecule has 0 saturated heterocycles. The van der Waals surface area contributed by atoms with Crippen LogP contribution in [0.1, 0.15) is 16.7 Å². The zero-order chi connectivity index (χ0) is 31.7. The third kappa shape index (κ3) is 7.76. The van der Waals surface area contributed by atoms with Crippen LogP contribution in [0.3, 0.4) is 0 Å². The summed E-state index contributed by atoms with van der Waals surface area (Å²) in [7, 11) is 0.390. The fourth-order valence-corrected chi connectivity index (χ4v) is 6.22. The van der Waals surface area contributed by atoms with Crippen LogP contribution in [0.2, 0.25) is 0 Å². The SMILES string of the molecule is CNC(=O)[C@H](Cc1ccccc1)N(Cc1cccc(OC)c1)C(=O)CN(c1ccc(OC)cc1)S(=O)(=O)c1ccc(C)cc1. The minimum Gasteiger partial charge on any atom is -0.497 e. The van der Waals surface area contributed by atoms with Gasteiger partial charge in [-0.3, -0.25) is 13.9 Å². The van der Waals surface area contributed by atoms with Crippen molar-refractivity contribution < 1.29 is 27.5 Å². The van der Waals surface area contributed by atoms with E-state index in [2.05, 4.69) is 5.32 Å². The molecule has 4 aromatic rings. The van der Waals surface area contributed by atoms with E-state index in [1.165, 1.54) is 31.2 Å². The van der Waals surface area contributed by atoms with E-state index in [9.17, 15) is 18.0 Å². The third-order valence-electron chi connectivity index (χ3n) is 7.25. The molecule has 2 amide bonds. The van der Waals surface area contributed by atoms with E-state index in [4.69, 9.17) is 9.47 Å². The van der Waals surface area contributed by atoms with Crippen molar-refractivity contribution in [2.45, 2.75) is 30.8 Å². The molecule has 1 atom stereocenters. The Kier molecular flexibility index (Phi) is 10.6. The number of ether oxygens (including phenoxy) is 2. The number of nitrogens with zero attached hydrogens (tertiary/aromatic N) is 2. The van der Waals surface area contributed by atoms with Crippen LogP contribution in [0.25, 0.3) is 0 Å². The van der Waals surface area contributed by atoms with Crippen LogP contribution in [0.15, 0.2) is 108 Å². The van der Waals surface area contributed by atoms with Gasteiger partial charge >= 0.3 is 0 Å². The van der Waals surface area contributed by atoms with Gasteiger partial charge in [0.15, 0.2) is 0 Å². The minimum atomic E-state index is -4.19. The quantitative estimate of drug-likeness (QED) is 0.236. The van der Waals surface area contributed by atoms with Crippen LogP contribution < -0.4 is 19.1 Å². The second kappa shape index (κ2) is 14.6. The van der Waals surface area contributed by atoms with Crippen LogP contribution >= 0.6 is 0 Å². The molecule has 4 aromatic carbocycles. The Morgan fingerprint density at radius 2 is 1.43 bits per heavy atom. The zero-order valence-corrected chi connectivity index (χ0v) is 26.1. The molecule has 0 saturated carbocycles. The molecule has 0 spiro atoms. The summed E-state index contributed by atoms with van der Waals surface area (Å²) in [6.45, 7) is 1.36. The maximum absolute atomic E-state index is 14.4. The topological polar surface area (TPSA) is 105 Å². The van der Waals surface area contributed by atoms with Gasteiger partial charge < -0.3 is 19.7 Å². The average molecular weight is 616 g/mol. The number of methoxy groups -OCH3 is 2. The second-order valence-electron chi connectivity index (χ2n) is 10.2. The molecule has 9 nitrogen and oxygen atoms in total. The molecule has 0 bridgehead atoms. The Balaban J connectivity index is 1.79. The Morgan fingerprint density at radius 3 is 2.05 bits per heavy atom. The van der Waals surface area contributed by atoms with Crippen LogP contribution in [0.5, 0.6) is 11.5 Å². The molecule has 0 radical (unpaired) electrons. The van der Waals surface area contributed by atoms with E-state index in [0.717, 1.165) is 21.0 Å². The number of amides is 2. The average Bonchev–Trinajstić information content (AvgIpc) is 3.05. The molecule has 10 heteroatoms. The van der Waals surface area contributed by atoms with Crippen LogP contribution in [0, 0.1) is 6.92 Å². The van der Waals surface area contributed by atoms with E-state index in [0.29, 0.717) is 11.5 Å². The molecule has 0 aliphatic heterocycles. The summed E-state index contributed by atoms with van der Waals surface area (Å²) >= 11 is 0. The lowest BCUT2D eigenvalue weighted by molar-refractivity contribution is -0.139. The Morgan fingerprint density at radius 1 is 0.795 bits per heavy atom. The van der Waals surface area contributed by atoms with Crippen LogP contribution in [0.4, 0.5) is 5.69 Å². The number of benzene rings is 4. The highest BCUT2D eigenvalue weighted by molar-refractivity contribution is 7.92. The highest BCUT2D eigenvalue weighted by Gasteiger charge is 2.34. The number of aryl methyl sites for hydroxylation is 1. The summed E-state index contributed by atoms with van der Waals surface area (Å²) in [6, 6.07) is 28.5. The number of hydrogen-bond acceptors (Lipinski definition) is 6. The lowest BCUT2D eigenvalue weighted by Crippen LogP contribution is -2.53. The van der Waals surface area contributed by atoms with E-state index >= 15 is 0 Å². The van der Waals surface area contributed by atoms with Crippen LogP contribution in [-0.2, 0) is 32.6 Å². The zero-order valence-electron chi connectivity index (χ0n) is 25.3. The van der Waals surface area contributed by atoms with Crippen molar-refractivity contribution in [1.82, 2.24) is 10.2 Å². The van der Waals surface area contributed by atoms with Gasteiger partial charge in [-0.15, -0.1) is 0 Å². The van der Waals surface area contributed by atoms with Gasteiger partial charge in [0, 0.05) is 20.0 Å². The summed E-state index contributed by atoms with van der Waals surface area (Å²) in [5.41, 5.74) is 2.75. The standard InChI is InChI=1S/C34H37N3O6S/c1-25-13-19-31(20-14-25)44(40,41)37(28-15-17-29(42-3)18-16-28)24-33(38)36(23-27-11-8-12-30(21-27)43-4)32(34(39)35-2)22-26-9-6-5-7-10-26/h5-21,32H,22-24H2,1-4H3,(H,35,39)/t32-/m0/s1. The number of carbonyl (C=O) groups is 2. The fraction of sp³-hybridized carbons (Fsp3) is 0.235. The first-order valence-corrected chi connectivity index (χ1v) is 15.5. The maximum Gasteiger partial charge on any atom is 0.264 e. The molecule has 0 aliphatic carbocycles. The van der Waals surface area contributed by atoms with Crippen molar-refractivity contribution in [2.24, 2.45) is 0 Å². The molecule has 44 heavy (non-hydrogen) atoms. The first kappa shape index (κ1) is 32.1. The minimum absolute atomic E-state index is 0.0400. The maximum atomic E-state index is 14.4. The van der Waals surface area contributed by atoms with Crippen molar-refractivity contribution in [2.75, 3.05) is 32.1 Å². The normalized spacial score (nSPS) is 11.7. The molecule has 0 heterocycles. The number of likely N-dealkylation sites (N-methyl/N-ethyl adjacent to an activating group) is 1. The molecule has 0 aliphatic rings. The molecule has 4 rings (SSSR count). The van der Waals surface area contributed by atoms with Crippen molar-refractivity contribution in [3.8, 4) is 11.5 Å². The molecule has 1 N–H and O–H groups in total. The van der Waals surface area contributed by atoms with Crippen molar-refractivity contribution >= 4 is 27.5 Å². The summed E-state index contributed by atoms with van der Waals surface area (Å²) < 4.78 is 39.9. The first-order valence-electron chi connectivity index (χ1n) is 14.1.